The van der Waals surface area contributed by atoms with E-state index in [1.807, 2.05) is 30.3 Å². The number of hydrogen-bond donors (Lipinski definition) is 1. The minimum absolute atomic E-state index is 0.203. The van der Waals surface area contributed by atoms with Crippen LogP contribution in [0.5, 0.6) is 0 Å². The van der Waals surface area contributed by atoms with Crippen molar-refractivity contribution in [3.8, 4) is 0 Å². The Balaban J connectivity index is 1.44. The molecule has 1 N–H and O–H groups in total. The molecule has 2 aromatic heterocycles. The van der Waals surface area contributed by atoms with Crippen molar-refractivity contribution in [1.29, 1.82) is 0 Å². The third-order valence-electron chi connectivity index (χ3n) is 4.81. The summed E-state index contributed by atoms with van der Waals surface area (Å²) in [6.45, 7) is 2.71. The van der Waals surface area contributed by atoms with Crippen LogP contribution in [0.1, 0.15) is 41.9 Å². The molecule has 0 radical (unpaired) electrons. The number of hydrogen-bond acceptors (Lipinski definition) is 5. The van der Waals surface area contributed by atoms with Crippen LogP contribution in [0, 0.1) is 5.92 Å². The molecular formula is C16H22N4O2. The lowest BCUT2D eigenvalue weighted by molar-refractivity contribution is 0.209. The normalized spacial score (nSPS) is 25.9. The monoisotopic (exact) mass is 302 g/mol. The van der Waals surface area contributed by atoms with Gasteiger partial charge < -0.3 is 9.52 Å². The zero-order chi connectivity index (χ0) is 15.1. The summed E-state index contributed by atoms with van der Waals surface area (Å²) < 4.78 is 7.67. The van der Waals surface area contributed by atoms with E-state index < -0.39 is 0 Å². The highest BCUT2D eigenvalue weighted by atomic mass is 16.4. The Morgan fingerprint density at radius 1 is 1.32 bits per heavy atom. The summed E-state index contributed by atoms with van der Waals surface area (Å²) in [7, 11) is 1.93. The standard InChI is InChI=1S/C16H22N4O2/c1-19-6-12(4-18-19)14-8-20(7-13(14)10-21)9-16-17-5-15(22-16)11-2-3-11/h4-6,11,13-14,21H,2-3,7-10H2,1H3/t13-,14-/m0/s1. The highest BCUT2D eigenvalue weighted by molar-refractivity contribution is 5.16. The summed E-state index contributed by atoms with van der Waals surface area (Å²) in [4.78, 5) is 6.73. The van der Waals surface area contributed by atoms with Crippen molar-refractivity contribution in [3.05, 3.63) is 35.8 Å². The molecule has 0 unspecified atom stereocenters. The Labute approximate surface area is 129 Å². The fourth-order valence-corrected chi connectivity index (χ4v) is 3.43. The van der Waals surface area contributed by atoms with E-state index in [-0.39, 0.29) is 12.5 Å². The van der Waals surface area contributed by atoms with Crippen molar-refractivity contribution in [3.63, 3.8) is 0 Å². The van der Waals surface area contributed by atoms with Crippen LogP contribution in [0.4, 0.5) is 0 Å². The van der Waals surface area contributed by atoms with Gasteiger partial charge >= 0.3 is 0 Å². The molecule has 2 aromatic rings. The SMILES string of the molecule is Cn1cc([C@@H]2CN(Cc3ncc(C4CC4)o3)C[C@H]2CO)cn1. The lowest BCUT2D eigenvalue weighted by Gasteiger charge is -2.13. The quantitative estimate of drug-likeness (QED) is 0.906. The molecule has 22 heavy (non-hydrogen) atoms. The second-order valence-corrected chi connectivity index (χ2v) is 6.62. The van der Waals surface area contributed by atoms with Gasteiger partial charge in [-0.05, 0) is 18.4 Å². The minimum Gasteiger partial charge on any atom is -0.444 e. The number of rotatable bonds is 5. The van der Waals surface area contributed by atoms with Crippen molar-refractivity contribution in [2.24, 2.45) is 13.0 Å². The summed E-state index contributed by atoms with van der Waals surface area (Å²) in [6.07, 6.45) is 8.30. The van der Waals surface area contributed by atoms with Gasteiger partial charge in [0.2, 0.25) is 5.89 Å². The number of nitrogens with zero attached hydrogens (tertiary/aromatic N) is 4. The van der Waals surface area contributed by atoms with Crippen molar-refractivity contribution >= 4 is 0 Å². The van der Waals surface area contributed by atoms with E-state index in [1.54, 1.807) is 0 Å². The van der Waals surface area contributed by atoms with Crippen molar-refractivity contribution in [2.75, 3.05) is 19.7 Å². The first-order valence-electron chi connectivity index (χ1n) is 7.99. The fraction of sp³-hybridized carbons (Fsp3) is 0.625. The molecule has 3 heterocycles. The molecule has 0 aromatic carbocycles. The first-order chi connectivity index (χ1) is 10.7. The smallest absolute Gasteiger partial charge is 0.208 e. The molecule has 118 valence electrons. The first-order valence-corrected chi connectivity index (χ1v) is 7.99. The van der Waals surface area contributed by atoms with Crippen LogP contribution in [-0.2, 0) is 13.6 Å². The van der Waals surface area contributed by atoms with E-state index in [9.17, 15) is 5.11 Å². The molecule has 1 aliphatic carbocycles. The molecule has 2 atom stereocenters. The second-order valence-electron chi connectivity index (χ2n) is 6.62. The average molecular weight is 302 g/mol. The molecule has 1 aliphatic heterocycles. The molecule has 1 saturated carbocycles. The fourth-order valence-electron chi connectivity index (χ4n) is 3.43. The van der Waals surface area contributed by atoms with Crippen LogP contribution in [0.3, 0.4) is 0 Å². The minimum atomic E-state index is 0.203. The molecule has 0 bridgehead atoms. The Morgan fingerprint density at radius 2 is 2.18 bits per heavy atom. The molecule has 0 spiro atoms. The second kappa shape index (κ2) is 5.52. The van der Waals surface area contributed by atoms with Crippen LogP contribution >= 0.6 is 0 Å². The molecule has 0 amide bonds. The van der Waals surface area contributed by atoms with Crippen molar-refractivity contribution in [1.82, 2.24) is 19.7 Å². The van der Waals surface area contributed by atoms with Gasteiger partial charge in [-0.3, -0.25) is 9.58 Å². The van der Waals surface area contributed by atoms with Crippen LogP contribution in [0.25, 0.3) is 0 Å². The van der Waals surface area contributed by atoms with Crippen molar-refractivity contribution < 1.29 is 9.52 Å². The van der Waals surface area contributed by atoms with Gasteiger partial charge in [-0.25, -0.2) is 4.98 Å². The summed E-state index contributed by atoms with van der Waals surface area (Å²) in [6, 6.07) is 0. The molecule has 2 aliphatic rings. The Bertz CT molecular complexity index is 646. The topological polar surface area (TPSA) is 67.3 Å². The van der Waals surface area contributed by atoms with Gasteiger partial charge in [0.15, 0.2) is 0 Å². The third-order valence-corrected chi connectivity index (χ3v) is 4.81. The van der Waals surface area contributed by atoms with E-state index in [4.69, 9.17) is 4.42 Å². The highest BCUT2D eigenvalue weighted by Gasteiger charge is 2.35. The Morgan fingerprint density at radius 3 is 2.86 bits per heavy atom. The highest BCUT2D eigenvalue weighted by Crippen LogP contribution is 2.40. The number of aryl methyl sites for hydroxylation is 1. The molecule has 6 heteroatoms. The lowest BCUT2D eigenvalue weighted by atomic mass is 9.92. The van der Waals surface area contributed by atoms with Gasteiger partial charge in [-0.15, -0.1) is 0 Å². The van der Waals surface area contributed by atoms with Crippen LogP contribution in [-0.4, -0.2) is 44.5 Å². The van der Waals surface area contributed by atoms with E-state index in [2.05, 4.69) is 15.0 Å². The van der Waals surface area contributed by atoms with Gasteiger partial charge in [0.05, 0.1) is 18.9 Å². The Kier molecular flexibility index (Phi) is 3.50. The lowest BCUT2D eigenvalue weighted by Crippen LogP contribution is -2.21. The average Bonchev–Trinajstić information content (AvgIpc) is 2.93. The van der Waals surface area contributed by atoms with Crippen molar-refractivity contribution in [2.45, 2.75) is 31.2 Å². The summed E-state index contributed by atoms with van der Waals surface area (Å²) >= 11 is 0. The van der Waals surface area contributed by atoms with E-state index in [0.29, 0.717) is 11.8 Å². The van der Waals surface area contributed by atoms with Crippen LogP contribution in [0.15, 0.2) is 23.0 Å². The van der Waals surface area contributed by atoms with Crippen LogP contribution in [0.2, 0.25) is 0 Å². The maximum atomic E-state index is 9.68. The molecule has 2 fully saturated rings. The van der Waals surface area contributed by atoms with Gasteiger partial charge in [0.1, 0.15) is 5.76 Å². The summed E-state index contributed by atoms with van der Waals surface area (Å²) in [5.41, 5.74) is 1.20. The number of aliphatic hydroxyl groups is 1. The zero-order valence-electron chi connectivity index (χ0n) is 12.9. The first kappa shape index (κ1) is 14.0. The molecule has 6 nitrogen and oxygen atoms in total. The van der Waals surface area contributed by atoms with E-state index in [0.717, 1.165) is 31.3 Å². The third kappa shape index (κ3) is 2.68. The molecule has 1 saturated heterocycles. The number of aliphatic hydroxyl groups excluding tert-OH is 1. The number of oxazole rings is 1. The zero-order valence-corrected chi connectivity index (χ0v) is 12.9. The maximum absolute atomic E-state index is 9.68. The maximum Gasteiger partial charge on any atom is 0.208 e. The van der Waals surface area contributed by atoms with Gasteiger partial charge in [-0.1, -0.05) is 0 Å². The predicted octanol–water partition coefficient (Wildman–Crippen LogP) is 1.49. The number of likely N-dealkylation sites (tertiary alicyclic amines) is 1. The molecular weight excluding hydrogens is 280 g/mol. The largest absolute Gasteiger partial charge is 0.444 e. The number of aromatic nitrogens is 3. The van der Waals surface area contributed by atoms with Gasteiger partial charge in [0.25, 0.3) is 0 Å². The summed E-state index contributed by atoms with van der Waals surface area (Å²) in [5, 5.41) is 13.9. The Hall–Kier alpha value is -1.66. The van der Waals surface area contributed by atoms with Gasteiger partial charge in [-0.2, -0.15) is 5.10 Å². The van der Waals surface area contributed by atoms with Gasteiger partial charge in [0, 0.05) is 50.7 Å². The van der Waals surface area contributed by atoms with E-state index >= 15 is 0 Å². The van der Waals surface area contributed by atoms with E-state index in [1.165, 1.54) is 18.4 Å². The molecule has 4 rings (SSSR count). The summed E-state index contributed by atoms with van der Waals surface area (Å²) in [5.74, 6) is 3.02. The predicted molar refractivity (Wildman–Crippen MR) is 80.3 cm³/mol. The van der Waals surface area contributed by atoms with Crippen LogP contribution < -0.4 is 0 Å².